The van der Waals surface area contributed by atoms with Crippen molar-refractivity contribution in [2.45, 2.75) is 25.1 Å². The molecule has 0 nitrogen and oxygen atoms in total. The molecule has 3 rings (SSSR count). The monoisotopic (exact) mass is 294 g/mol. The van der Waals surface area contributed by atoms with Gasteiger partial charge in [0.25, 0.3) is 0 Å². The van der Waals surface area contributed by atoms with Crippen LogP contribution in [-0.4, -0.2) is 0 Å². The van der Waals surface area contributed by atoms with Gasteiger partial charge in [0.15, 0.2) is 0 Å². The first-order chi connectivity index (χ1) is 10.3. The van der Waals surface area contributed by atoms with Gasteiger partial charge in [-0.15, -0.1) is 11.6 Å². The van der Waals surface area contributed by atoms with Crippen molar-refractivity contribution in [3.05, 3.63) is 83.4 Å². The lowest BCUT2D eigenvalue weighted by Crippen LogP contribution is -1.95. The molecule has 3 aromatic rings. The number of fused-ring (bicyclic) bond motifs is 1. The molecule has 0 radical (unpaired) electrons. The Hall–Kier alpha value is -1.79. The van der Waals surface area contributed by atoms with E-state index in [1.165, 1.54) is 28.3 Å². The van der Waals surface area contributed by atoms with Gasteiger partial charge in [-0.3, -0.25) is 0 Å². The summed E-state index contributed by atoms with van der Waals surface area (Å²) in [7, 11) is 0. The molecule has 0 aliphatic rings. The molecule has 1 heteroatoms. The molecule has 0 amide bonds. The Balaban J connectivity index is 1.98. The Bertz CT molecular complexity index is 723. The molecule has 0 N–H and O–H groups in total. The zero-order valence-electron chi connectivity index (χ0n) is 12.2. The molecule has 0 aliphatic carbocycles. The van der Waals surface area contributed by atoms with Crippen LogP contribution in [0.5, 0.6) is 0 Å². The molecular formula is C20H19Cl. The number of aryl methyl sites for hydroxylation is 1. The highest BCUT2D eigenvalue weighted by atomic mass is 35.5. The van der Waals surface area contributed by atoms with Gasteiger partial charge in [0.05, 0.1) is 5.38 Å². The Kier molecular flexibility index (Phi) is 4.26. The lowest BCUT2D eigenvalue weighted by atomic mass is 9.97. The van der Waals surface area contributed by atoms with E-state index in [9.17, 15) is 0 Å². The maximum Gasteiger partial charge on any atom is 0.0841 e. The molecule has 1 unspecified atom stereocenters. The van der Waals surface area contributed by atoms with Crippen molar-refractivity contribution in [2.24, 2.45) is 0 Å². The molecule has 0 heterocycles. The quantitative estimate of drug-likeness (QED) is 0.508. The van der Waals surface area contributed by atoms with E-state index in [2.05, 4.69) is 73.7 Å². The third kappa shape index (κ3) is 2.96. The zero-order chi connectivity index (χ0) is 14.7. The highest BCUT2D eigenvalue weighted by Crippen LogP contribution is 2.33. The lowest BCUT2D eigenvalue weighted by Gasteiger charge is -2.14. The van der Waals surface area contributed by atoms with E-state index in [4.69, 9.17) is 11.6 Å². The van der Waals surface area contributed by atoms with Crippen LogP contribution < -0.4 is 0 Å². The van der Waals surface area contributed by atoms with Crippen molar-refractivity contribution in [1.82, 2.24) is 0 Å². The minimum Gasteiger partial charge on any atom is -0.113 e. The Labute approximate surface area is 131 Å². The highest BCUT2D eigenvalue weighted by Gasteiger charge is 2.13. The van der Waals surface area contributed by atoms with Crippen LogP contribution in [-0.2, 0) is 6.42 Å². The normalized spacial score (nSPS) is 12.5. The topological polar surface area (TPSA) is 0 Å². The highest BCUT2D eigenvalue weighted by molar-refractivity contribution is 6.23. The van der Waals surface area contributed by atoms with Gasteiger partial charge in [0.2, 0.25) is 0 Å². The Morgan fingerprint density at radius 1 is 0.857 bits per heavy atom. The average molecular weight is 295 g/mol. The van der Waals surface area contributed by atoms with Crippen molar-refractivity contribution in [2.75, 3.05) is 0 Å². The average Bonchev–Trinajstić information content (AvgIpc) is 2.55. The van der Waals surface area contributed by atoms with E-state index in [0.717, 1.165) is 12.0 Å². The van der Waals surface area contributed by atoms with Crippen LogP contribution >= 0.6 is 11.6 Å². The fourth-order valence-electron chi connectivity index (χ4n) is 2.79. The molecule has 3 aromatic carbocycles. The van der Waals surface area contributed by atoms with Gasteiger partial charge >= 0.3 is 0 Å². The van der Waals surface area contributed by atoms with Crippen LogP contribution in [0.1, 0.15) is 35.4 Å². The zero-order valence-corrected chi connectivity index (χ0v) is 13.0. The van der Waals surface area contributed by atoms with Crippen LogP contribution in [0.2, 0.25) is 0 Å². The Morgan fingerprint density at radius 3 is 2.33 bits per heavy atom. The second-order valence-corrected chi connectivity index (χ2v) is 5.86. The van der Waals surface area contributed by atoms with E-state index >= 15 is 0 Å². The van der Waals surface area contributed by atoms with Gasteiger partial charge in [-0.2, -0.15) is 0 Å². The first-order valence-electron chi connectivity index (χ1n) is 7.50. The number of rotatable bonds is 4. The van der Waals surface area contributed by atoms with Gasteiger partial charge in [-0.05, 0) is 33.9 Å². The van der Waals surface area contributed by atoms with Crippen molar-refractivity contribution in [1.29, 1.82) is 0 Å². The van der Waals surface area contributed by atoms with Gasteiger partial charge in [-0.25, -0.2) is 0 Å². The molecule has 106 valence electrons. The predicted octanol–water partition coefficient (Wildman–Crippen LogP) is 6.12. The molecule has 0 spiro atoms. The Morgan fingerprint density at radius 2 is 1.57 bits per heavy atom. The van der Waals surface area contributed by atoms with Crippen LogP contribution in [0.3, 0.4) is 0 Å². The molecule has 21 heavy (non-hydrogen) atoms. The second kappa shape index (κ2) is 6.32. The van der Waals surface area contributed by atoms with E-state index in [0.29, 0.717) is 0 Å². The van der Waals surface area contributed by atoms with Crippen LogP contribution in [0.25, 0.3) is 10.8 Å². The summed E-state index contributed by atoms with van der Waals surface area (Å²) in [5, 5.41) is 2.37. The number of halogens is 1. The fourth-order valence-corrected chi connectivity index (χ4v) is 3.13. The van der Waals surface area contributed by atoms with Crippen LogP contribution in [0.4, 0.5) is 0 Å². The summed E-state index contributed by atoms with van der Waals surface area (Å²) in [5.74, 6) is 0. The summed E-state index contributed by atoms with van der Waals surface area (Å²) in [6.45, 7) is 2.20. The maximum atomic E-state index is 6.74. The summed E-state index contributed by atoms with van der Waals surface area (Å²) in [5.41, 5.74) is 3.72. The maximum absolute atomic E-state index is 6.74. The largest absolute Gasteiger partial charge is 0.113 e. The number of alkyl halides is 1. The van der Waals surface area contributed by atoms with Crippen molar-refractivity contribution < 1.29 is 0 Å². The number of hydrogen-bond donors (Lipinski definition) is 0. The minimum absolute atomic E-state index is 0.105. The van der Waals surface area contributed by atoms with E-state index in [-0.39, 0.29) is 5.38 Å². The lowest BCUT2D eigenvalue weighted by molar-refractivity contribution is 0.920. The molecule has 0 aromatic heterocycles. The van der Waals surface area contributed by atoms with E-state index < -0.39 is 0 Å². The van der Waals surface area contributed by atoms with Crippen LogP contribution in [0.15, 0.2) is 66.7 Å². The van der Waals surface area contributed by atoms with Gasteiger partial charge < -0.3 is 0 Å². The first-order valence-corrected chi connectivity index (χ1v) is 7.94. The van der Waals surface area contributed by atoms with Crippen molar-refractivity contribution in [3.63, 3.8) is 0 Å². The van der Waals surface area contributed by atoms with Gasteiger partial charge in [0.1, 0.15) is 0 Å². The molecule has 0 saturated heterocycles. The third-order valence-corrected chi connectivity index (χ3v) is 4.39. The molecule has 0 bridgehead atoms. The molecule has 0 saturated carbocycles. The van der Waals surface area contributed by atoms with E-state index in [1.54, 1.807) is 0 Å². The second-order valence-electron chi connectivity index (χ2n) is 5.42. The molecule has 0 fully saturated rings. The standard InChI is InChI=1S/C20H19Cl/c1-2-6-15-11-13-17(14-12-15)20(21)19-10-5-8-16-7-3-4-9-18(16)19/h3-5,7-14,20H,2,6H2,1H3. The molecule has 1 atom stereocenters. The molecular weight excluding hydrogens is 276 g/mol. The summed E-state index contributed by atoms with van der Waals surface area (Å²) in [4.78, 5) is 0. The van der Waals surface area contributed by atoms with E-state index in [1.807, 2.05) is 0 Å². The van der Waals surface area contributed by atoms with Crippen LogP contribution in [0, 0.1) is 0 Å². The molecule has 0 aliphatic heterocycles. The summed E-state index contributed by atoms with van der Waals surface area (Å²) in [6.07, 6.45) is 2.30. The predicted molar refractivity (Wildman–Crippen MR) is 92.1 cm³/mol. The van der Waals surface area contributed by atoms with Gasteiger partial charge in [0, 0.05) is 0 Å². The summed E-state index contributed by atoms with van der Waals surface area (Å²) >= 11 is 6.74. The van der Waals surface area contributed by atoms with Gasteiger partial charge in [-0.1, -0.05) is 80.1 Å². The minimum atomic E-state index is -0.105. The smallest absolute Gasteiger partial charge is 0.0841 e. The third-order valence-electron chi connectivity index (χ3n) is 3.91. The van der Waals surface area contributed by atoms with Crippen molar-refractivity contribution in [3.8, 4) is 0 Å². The number of hydrogen-bond acceptors (Lipinski definition) is 0. The fraction of sp³-hybridized carbons (Fsp3) is 0.200. The SMILES string of the molecule is CCCc1ccc(C(Cl)c2cccc3ccccc23)cc1. The summed E-state index contributed by atoms with van der Waals surface area (Å²) in [6, 6.07) is 23.5. The summed E-state index contributed by atoms with van der Waals surface area (Å²) < 4.78 is 0. The van der Waals surface area contributed by atoms with Crippen molar-refractivity contribution >= 4 is 22.4 Å². The number of benzene rings is 3. The first kappa shape index (κ1) is 14.2.